The van der Waals surface area contributed by atoms with Crippen LogP contribution in [0, 0.1) is 0 Å². The standard InChI is InChI=1S/C50H78O8/c1-6-11-15-19-25-33-53-36-41(57-47(51)29-21-17-13-8-3)38-55-49-43-27-23-24-28-44(43)50(46-35-40(10-5)31-32-45(46)49)56-39-42(37-54-34-26-20-16-12-7-2)58-48(52)30-22-18-14-9-4/h23-24,27-28,31-32,35,41-42H,6-22,25-26,29-30,33-34,36-39H2,1-5H3. The molecule has 3 rings (SSSR count). The van der Waals surface area contributed by atoms with E-state index in [2.05, 4.69) is 52.8 Å². The first-order valence-corrected chi connectivity index (χ1v) is 23.2. The number of aryl methyl sites for hydroxylation is 1. The van der Waals surface area contributed by atoms with Crippen molar-refractivity contribution in [3.63, 3.8) is 0 Å². The molecule has 0 aliphatic carbocycles. The lowest BCUT2D eigenvalue weighted by atomic mass is 9.98. The van der Waals surface area contributed by atoms with Crippen LogP contribution in [0.1, 0.15) is 169 Å². The van der Waals surface area contributed by atoms with Crippen molar-refractivity contribution in [2.24, 2.45) is 0 Å². The van der Waals surface area contributed by atoms with E-state index in [9.17, 15) is 9.59 Å². The molecule has 0 spiro atoms. The van der Waals surface area contributed by atoms with Gasteiger partial charge >= 0.3 is 11.9 Å². The van der Waals surface area contributed by atoms with Crippen molar-refractivity contribution in [1.29, 1.82) is 0 Å². The molecule has 2 atom stereocenters. The number of ether oxygens (including phenoxy) is 6. The normalized spacial score (nSPS) is 12.5. The van der Waals surface area contributed by atoms with Crippen molar-refractivity contribution in [2.45, 2.75) is 182 Å². The molecular formula is C50H78O8. The summed E-state index contributed by atoms with van der Waals surface area (Å²) in [5, 5.41) is 3.61. The third-order valence-corrected chi connectivity index (χ3v) is 10.7. The van der Waals surface area contributed by atoms with E-state index >= 15 is 0 Å². The number of carbonyl (C=O) groups is 2. The number of hydrogen-bond donors (Lipinski definition) is 0. The molecule has 0 aliphatic heterocycles. The van der Waals surface area contributed by atoms with Crippen LogP contribution in [0.3, 0.4) is 0 Å². The van der Waals surface area contributed by atoms with Crippen LogP contribution in [0.2, 0.25) is 0 Å². The van der Waals surface area contributed by atoms with Crippen molar-refractivity contribution in [2.75, 3.05) is 39.6 Å². The molecule has 8 nitrogen and oxygen atoms in total. The fourth-order valence-electron chi connectivity index (χ4n) is 7.19. The first kappa shape index (κ1) is 49.0. The van der Waals surface area contributed by atoms with Crippen LogP contribution in [-0.4, -0.2) is 63.8 Å². The van der Waals surface area contributed by atoms with E-state index < -0.39 is 12.2 Å². The van der Waals surface area contributed by atoms with E-state index in [1.165, 1.54) is 44.1 Å². The summed E-state index contributed by atoms with van der Waals surface area (Å²) >= 11 is 0. The molecule has 326 valence electrons. The van der Waals surface area contributed by atoms with E-state index in [4.69, 9.17) is 28.4 Å². The van der Waals surface area contributed by atoms with Gasteiger partial charge in [0.2, 0.25) is 0 Å². The third kappa shape index (κ3) is 18.7. The summed E-state index contributed by atoms with van der Waals surface area (Å²) in [7, 11) is 0. The number of unbranched alkanes of at least 4 members (excludes halogenated alkanes) is 14. The second-order valence-corrected chi connectivity index (χ2v) is 15.9. The quantitative estimate of drug-likeness (QED) is 0.0330. The zero-order valence-corrected chi connectivity index (χ0v) is 37.1. The molecule has 0 saturated carbocycles. The van der Waals surface area contributed by atoms with Gasteiger partial charge in [-0.15, -0.1) is 0 Å². The summed E-state index contributed by atoms with van der Waals surface area (Å²) in [6.45, 7) is 13.1. The van der Waals surface area contributed by atoms with Gasteiger partial charge in [-0.25, -0.2) is 0 Å². The Balaban J connectivity index is 1.86. The second kappa shape index (κ2) is 30.6. The maximum Gasteiger partial charge on any atom is 0.306 e. The third-order valence-electron chi connectivity index (χ3n) is 10.7. The predicted molar refractivity (Wildman–Crippen MR) is 238 cm³/mol. The molecule has 58 heavy (non-hydrogen) atoms. The zero-order valence-electron chi connectivity index (χ0n) is 37.1. The maximum atomic E-state index is 13.0. The lowest BCUT2D eigenvalue weighted by Gasteiger charge is -2.23. The first-order valence-electron chi connectivity index (χ1n) is 23.2. The lowest BCUT2D eigenvalue weighted by molar-refractivity contribution is -0.155. The summed E-state index contributed by atoms with van der Waals surface area (Å²) in [6.07, 6.45) is 20.2. The smallest absolute Gasteiger partial charge is 0.306 e. The summed E-state index contributed by atoms with van der Waals surface area (Å²) < 4.78 is 37.6. The Morgan fingerprint density at radius 1 is 0.466 bits per heavy atom. The van der Waals surface area contributed by atoms with Crippen LogP contribution in [0.5, 0.6) is 11.5 Å². The molecule has 3 aromatic carbocycles. The number of hydrogen-bond acceptors (Lipinski definition) is 8. The van der Waals surface area contributed by atoms with Crippen LogP contribution >= 0.6 is 0 Å². The van der Waals surface area contributed by atoms with Crippen LogP contribution in [0.4, 0.5) is 0 Å². The Morgan fingerprint density at radius 3 is 1.33 bits per heavy atom. The molecule has 3 aromatic rings. The van der Waals surface area contributed by atoms with Gasteiger partial charge in [0.05, 0.1) is 13.2 Å². The van der Waals surface area contributed by atoms with Gasteiger partial charge in [0.15, 0.2) is 12.2 Å². The van der Waals surface area contributed by atoms with E-state index in [-0.39, 0.29) is 38.4 Å². The van der Waals surface area contributed by atoms with Gasteiger partial charge in [0.25, 0.3) is 0 Å². The van der Waals surface area contributed by atoms with Gasteiger partial charge < -0.3 is 28.4 Å². The monoisotopic (exact) mass is 807 g/mol. The second-order valence-electron chi connectivity index (χ2n) is 15.9. The van der Waals surface area contributed by atoms with Gasteiger partial charge in [-0.05, 0) is 43.7 Å². The molecule has 0 N–H and O–H groups in total. The first-order chi connectivity index (χ1) is 28.4. The highest BCUT2D eigenvalue weighted by Gasteiger charge is 2.23. The fourth-order valence-corrected chi connectivity index (χ4v) is 7.19. The number of rotatable bonds is 35. The van der Waals surface area contributed by atoms with E-state index in [1.54, 1.807) is 0 Å². The number of fused-ring (bicyclic) bond motifs is 2. The molecule has 0 saturated heterocycles. The molecule has 0 heterocycles. The van der Waals surface area contributed by atoms with Crippen LogP contribution in [0.25, 0.3) is 21.5 Å². The molecule has 8 heteroatoms. The molecular weight excluding hydrogens is 729 g/mol. The van der Waals surface area contributed by atoms with Gasteiger partial charge in [0, 0.05) is 47.6 Å². The molecule has 2 unspecified atom stereocenters. The summed E-state index contributed by atoms with van der Waals surface area (Å²) in [5.41, 5.74) is 1.17. The van der Waals surface area contributed by atoms with Gasteiger partial charge in [-0.1, -0.05) is 161 Å². The predicted octanol–water partition coefficient (Wildman–Crippen LogP) is 13.1. The largest absolute Gasteiger partial charge is 0.488 e. The highest BCUT2D eigenvalue weighted by atomic mass is 16.6. The van der Waals surface area contributed by atoms with Gasteiger partial charge in [0.1, 0.15) is 24.7 Å². The van der Waals surface area contributed by atoms with E-state index in [1.807, 2.05) is 24.3 Å². The fraction of sp³-hybridized carbons (Fsp3) is 0.680. The zero-order chi connectivity index (χ0) is 41.6. The molecule has 0 amide bonds. The number of esters is 2. The van der Waals surface area contributed by atoms with Crippen molar-refractivity contribution in [1.82, 2.24) is 0 Å². The minimum absolute atomic E-state index is 0.164. The number of benzene rings is 3. The summed E-state index contributed by atoms with van der Waals surface area (Å²) in [6, 6.07) is 14.5. The van der Waals surface area contributed by atoms with E-state index in [0.717, 1.165) is 111 Å². The molecule has 0 fully saturated rings. The molecule has 0 aliphatic rings. The number of carbonyl (C=O) groups excluding carboxylic acids is 2. The van der Waals surface area contributed by atoms with E-state index in [0.29, 0.717) is 31.8 Å². The van der Waals surface area contributed by atoms with Crippen LogP contribution < -0.4 is 9.47 Å². The lowest BCUT2D eigenvalue weighted by Crippen LogP contribution is -2.30. The minimum atomic E-state index is -0.544. The topological polar surface area (TPSA) is 89.5 Å². The van der Waals surface area contributed by atoms with Crippen molar-refractivity contribution in [3.8, 4) is 11.5 Å². The maximum absolute atomic E-state index is 13.0. The Kier molecular flexibility index (Phi) is 25.9. The van der Waals surface area contributed by atoms with Crippen molar-refractivity contribution < 1.29 is 38.0 Å². The van der Waals surface area contributed by atoms with Gasteiger partial charge in [-0.3, -0.25) is 9.59 Å². The molecule has 0 aromatic heterocycles. The molecule has 0 radical (unpaired) electrons. The Labute approximate surface area is 351 Å². The Hall–Kier alpha value is -3.36. The van der Waals surface area contributed by atoms with Gasteiger partial charge in [-0.2, -0.15) is 0 Å². The summed E-state index contributed by atoms with van der Waals surface area (Å²) in [5.74, 6) is 1.02. The minimum Gasteiger partial charge on any atom is -0.488 e. The average Bonchev–Trinajstić information content (AvgIpc) is 3.23. The Morgan fingerprint density at radius 2 is 0.879 bits per heavy atom. The van der Waals surface area contributed by atoms with Crippen molar-refractivity contribution >= 4 is 33.5 Å². The van der Waals surface area contributed by atoms with Crippen LogP contribution in [-0.2, 0) is 35.0 Å². The highest BCUT2D eigenvalue weighted by Crippen LogP contribution is 2.43. The SMILES string of the molecule is CCCCCCCOCC(COc1c2ccccc2c(OCC(COCCCCCCC)OC(=O)CCCCCC)c2cc(CC)ccc12)OC(=O)CCCCCC. The summed E-state index contributed by atoms with van der Waals surface area (Å²) in [4.78, 5) is 26.0. The van der Waals surface area contributed by atoms with Crippen LogP contribution in [0.15, 0.2) is 42.5 Å². The average molecular weight is 807 g/mol. The Bertz CT molecular complexity index is 1550. The highest BCUT2D eigenvalue weighted by molar-refractivity contribution is 6.11. The molecule has 0 bridgehead atoms. The van der Waals surface area contributed by atoms with Crippen molar-refractivity contribution in [3.05, 3.63) is 48.0 Å².